The van der Waals surface area contributed by atoms with Crippen LogP contribution in [0.15, 0.2) is 42.6 Å². The van der Waals surface area contributed by atoms with Crippen molar-refractivity contribution in [1.29, 1.82) is 0 Å². The fourth-order valence-corrected chi connectivity index (χ4v) is 2.07. The molecule has 5 heteroatoms. The lowest BCUT2D eigenvalue weighted by Gasteiger charge is -2.11. The van der Waals surface area contributed by atoms with Crippen molar-refractivity contribution in [2.24, 2.45) is 0 Å². The summed E-state index contributed by atoms with van der Waals surface area (Å²) in [5, 5.41) is 6.10. The lowest BCUT2D eigenvalue weighted by molar-refractivity contribution is 0.102. The van der Waals surface area contributed by atoms with Gasteiger partial charge in [0.1, 0.15) is 5.82 Å². The third-order valence-electron chi connectivity index (χ3n) is 3.51. The maximum absolute atomic E-state index is 12.2. The number of hydrogen-bond donors (Lipinski definition) is 2. The highest BCUT2D eigenvalue weighted by atomic mass is 16.1. The van der Waals surface area contributed by atoms with Gasteiger partial charge in [0.25, 0.3) is 5.91 Å². The van der Waals surface area contributed by atoms with Crippen LogP contribution in [0.1, 0.15) is 22.8 Å². The number of amides is 1. The molecule has 0 aliphatic heterocycles. The van der Waals surface area contributed by atoms with Gasteiger partial charge in [0.05, 0.1) is 5.56 Å². The van der Waals surface area contributed by atoms with Gasteiger partial charge in [-0.2, -0.15) is 0 Å². The number of likely N-dealkylation sites (N-methyl/N-ethyl adjacent to an activating group) is 1. The number of aryl methyl sites for hydroxylation is 1. The summed E-state index contributed by atoms with van der Waals surface area (Å²) in [6.45, 7) is 3.85. The molecular weight excluding hydrogens is 288 g/mol. The number of benzene rings is 1. The molecule has 1 aromatic carbocycles. The number of nitrogens with zero attached hydrogens (tertiary/aromatic N) is 2. The van der Waals surface area contributed by atoms with Crippen LogP contribution >= 0.6 is 0 Å². The van der Waals surface area contributed by atoms with E-state index in [1.54, 1.807) is 12.3 Å². The zero-order chi connectivity index (χ0) is 16.7. The SMILES string of the molecule is CCc1ccc(NC(=O)c2ccc(NCCN(C)C)nc2)cc1. The number of nitrogens with one attached hydrogen (secondary N) is 2. The highest BCUT2D eigenvalue weighted by molar-refractivity contribution is 6.04. The fraction of sp³-hybridized carbons (Fsp3) is 0.333. The first-order chi connectivity index (χ1) is 11.1. The van der Waals surface area contributed by atoms with Crippen molar-refractivity contribution >= 4 is 17.4 Å². The Kier molecular flexibility index (Phi) is 6.11. The highest BCUT2D eigenvalue weighted by Gasteiger charge is 2.06. The molecule has 0 saturated carbocycles. The summed E-state index contributed by atoms with van der Waals surface area (Å²) in [4.78, 5) is 18.6. The number of rotatable bonds is 7. The van der Waals surface area contributed by atoms with Gasteiger partial charge in [-0.05, 0) is 50.3 Å². The molecule has 0 atom stereocenters. The minimum atomic E-state index is -0.151. The summed E-state index contributed by atoms with van der Waals surface area (Å²) >= 11 is 0. The van der Waals surface area contributed by atoms with E-state index in [0.29, 0.717) is 5.56 Å². The van der Waals surface area contributed by atoms with E-state index in [1.807, 2.05) is 44.4 Å². The van der Waals surface area contributed by atoms with Crippen LogP contribution < -0.4 is 10.6 Å². The minimum absolute atomic E-state index is 0.151. The van der Waals surface area contributed by atoms with E-state index < -0.39 is 0 Å². The molecule has 0 saturated heterocycles. The molecule has 2 rings (SSSR count). The second-order valence-corrected chi connectivity index (χ2v) is 5.67. The normalized spacial score (nSPS) is 10.6. The van der Waals surface area contributed by atoms with Crippen molar-refractivity contribution in [2.75, 3.05) is 37.8 Å². The quantitative estimate of drug-likeness (QED) is 0.825. The lowest BCUT2D eigenvalue weighted by atomic mass is 10.1. The van der Waals surface area contributed by atoms with Gasteiger partial charge in [0.2, 0.25) is 0 Å². The monoisotopic (exact) mass is 312 g/mol. The van der Waals surface area contributed by atoms with Crippen LogP contribution in [0.4, 0.5) is 11.5 Å². The predicted molar refractivity (Wildman–Crippen MR) is 95.1 cm³/mol. The smallest absolute Gasteiger partial charge is 0.257 e. The highest BCUT2D eigenvalue weighted by Crippen LogP contribution is 2.12. The summed E-state index contributed by atoms with van der Waals surface area (Å²) < 4.78 is 0. The average Bonchev–Trinajstić information content (AvgIpc) is 2.56. The molecule has 1 heterocycles. The van der Waals surface area contributed by atoms with Gasteiger partial charge in [-0.1, -0.05) is 19.1 Å². The predicted octanol–water partition coefficient (Wildman–Crippen LogP) is 2.87. The van der Waals surface area contributed by atoms with Crippen molar-refractivity contribution in [3.05, 3.63) is 53.7 Å². The number of aromatic nitrogens is 1. The van der Waals surface area contributed by atoms with Gasteiger partial charge < -0.3 is 15.5 Å². The molecular formula is C18H24N4O. The van der Waals surface area contributed by atoms with Crippen molar-refractivity contribution < 1.29 is 4.79 Å². The second kappa shape index (κ2) is 8.29. The van der Waals surface area contributed by atoms with E-state index in [1.165, 1.54) is 5.56 Å². The summed E-state index contributed by atoms with van der Waals surface area (Å²) in [6, 6.07) is 11.5. The van der Waals surface area contributed by atoms with Gasteiger partial charge in [-0.3, -0.25) is 4.79 Å². The second-order valence-electron chi connectivity index (χ2n) is 5.67. The molecule has 0 radical (unpaired) electrons. The van der Waals surface area contributed by atoms with Gasteiger partial charge >= 0.3 is 0 Å². The third-order valence-corrected chi connectivity index (χ3v) is 3.51. The Labute approximate surface area is 137 Å². The van der Waals surface area contributed by atoms with E-state index >= 15 is 0 Å². The zero-order valence-corrected chi connectivity index (χ0v) is 14.0. The van der Waals surface area contributed by atoms with E-state index in [0.717, 1.165) is 31.0 Å². The zero-order valence-electron chi connectivity index (χ0n) is 14.0. The Morgan fingerprint density at radius 1 is 1.13 bits per heavy atom. The minimum Gasteiger partial charge on any atom is -0.369 e. The first kappa shape index (κ1) is 17.0. The standard InChI is InChI=1S/C18H24N4O/c1-4-14-5-8-16(9-6-14)21-18(23)15-7-10-17(20-13-15)19-11-12-22(2)3/h5-10,13H,4,11-12H2,1-3H3,(H,19,20)(H,21,23). The van der Waals surface area contributed by atoms with Crippen LogP contribution in [0.3, 0.4) is 0 Å². The lowest BCUT2D eigenvalue weighted by Crippen LogP contribution is -2.21. The number of anilines is 2. The van der Waals surface area contributed by atoms with Crippen molar-refractivity contribution in [3.63, 3.8) is 0 Å². The maximum Gasteiger partial charge on any atom is 0.257 e. The molecule has 0 bridgehead atoms. The average molecular weight is 312 g/mol. The van der Waals surface area contributed by atoms with Crippen LogP contribution in [0.25, 0.3) is 0 Å². The summed E-state index contributed by atoms with van der Waals surface area (Å²) in [7, 11) is 4.05. The van der Waals surface area contributed by atoms with E-state index in [2.05, 4.69) is 27.4 Å². The molecule has 0 aliphatic carbocycles. The summed E-state index contributed by atoms with van der Waals surface area (Å²) in [6.07, 6.45) is 2.58. The van der Waals surface area contributed by atoms with Crippen molar-refractivity contribution in [3.8, 4) is 0 Å². The van der Waals surface area contributed by atoms with Gasteiger partial charge in [0, 0.05) is 25.0 Å². The van der Waals surface area contributed by atoms with E-state index in [-0.39, 0.29) is 5.91 Å². The van der Waals surface area contributed by atoms with Gasteiger partial charge in [-0.15, -0.1) is 0 Å². The molecule has 2 aromatic rings. The number of hydrogen-bond acceptors (Lipinski definition) is 4. The molecule has 23 heavy (non-hydrogen) atoms. The first-order valence-electron chi connectivity index (χ1n) is 7.83. The summed E-state index contributed by atoms with van der Waals surface area (Å²) in [5.41, 5.74) is 2.58. The first-order valence-corrected chi connectivity index (χ1v) is 7.83. The van der Waals surface area contributed by atoms with E-state index in [4.69, 9.17) is 0 Å². The molecule has 1 amide bonds. The van der Waals surface area contributed by atoms with Gasteiger partial charge in [-0.25, -0.2) is 4.98 Å². The molecule has 0 aliphatic rings. The molecule has 0 fully saturated rings. The maximum atomic E-state index is 12.2. The molecule has 2 N–H and O–H groups in total. The number of carbonyl (C=O) groups excluding carboxylic acids is 1. The van der Waals surface area contributed by atoms with Crippen LogP contribution in [-0.4, -0.2) is 43.0 Å². The summed E-state index contributed by atoms with van der Waals surface area (Å²) in [5.74, 6) is 0.622. The topological polar surface area (TPSA) is 57.3 Å². The molecule has 1 aromatic heterocycles. The Morgan fingerprint density at radius 3 is 2.43 bits per heavy atom. The largest absolute Gasteiger partial charge is 0.369 e. The van der Waals surface area contributed by atoms with Gasteiger partial charge in [0.15, 0.2) is 0 Å². The number of carbonyl (C=O) groups is 1. The molecule has 5 nitrogen and oxygen atoms in total. The Morgan fingerprint density at radius 2 is 1.87 bits per heavy atom. The molecule has 122 valence electrons. The Balaban J connectivity index is 1.91. The molecule has 0 spiro atoms. The van der Waals surface area contributed by atoms with Crippen LogP contribution in [0.5, 0.6) is 0 Å². The van der Waals surface area contributed by atoms with Crippen LogP contribution in [0.2, 0.25) is 0 Å². The number of pyridine rings is 1. The Hall–Kier alpha value is -2.40. The third kappa shape index (κ3) is 5.38. The van der Waals surface area contributed by atoms with E-state index in [9.17, 15) is 4.79 Å². The van der Waals surface area contributed by atoms with Crippen molar-refractivity contribution in [2.45, 2.75) is 13.3 Å². The fourth-order valence-electron chi connectivity index (χ4n) is 2.07. The van der Waals surface area contributed by atoms with Crippen molar-refractivity contribution in [1.82, 2.24) is 9.88 Å². The Bertz CT molecular complexity index is 620. The van der Waals surface area contributed by atoms with Crippen LogP contribution in [0, 0.1) is 0 Å². The van der Waals surface area contributed by atoms with Crippen LogP contribution in [-0.2, 0) is 6.42 Å². The molecule has 0 unspecified atom stereocenters.